The van der Waals surface area contributed by atoms with E-state index in [-0.39, 0.29) is 15.9 Å². The molecule has 2 rings (SSSR count). The van der Waals surface area contributed by atoms with Crippen molar-refractivity contribution in [3.05, 3.63) is 47.5 Å². The average molecular weight is 338 g/mol. The van der Waals surface area contributed by atoms with E-state index in [1.54, 1.807) is 0 Å². The second kappa shape index (κ2) is 5.49. The lowest BCUT2D eigenvalue weighted by Gasteiger charge is -2.10. The quantitative estimate of drug-likeness (QED) is 0.874. The fraction of sp³-hybridized carbons (Fsp3) is 0.0909. The van der Waals surface area contributed by atoms with Crippen molar-refractivity contribution in [2.24, 2.45) is 0 Å². The van der Waals surface area contributed by atoms with E-state index < -0.39 is 21.8 Å². The molecule has 0 spiro atoms. The topological polar surface area (TPSA) is 72.0 Å². The van der Waals surface area contributed by atoms with E-state index in [2.05, 4.69) is 14.7 Å². The van der Waals surface area contributed by atoms with Crippen LogP contribution in [0.5, 0.6) is 0 Å². The molecule has 0 aliphatic rings. The van der Waals surface area contributed by atoms with Gasteiger partial charge in [0, 0.05) is 5.69 Å². The van der Waals surface area contributed by atoms with E-state index in [0.717, 1.165) is 36.7 Å². The summed E-state index contributed by atoms with van der Waals surface area (Å²) in [5, 5.41) is -0.122. The van der Waals surface area contributed by atoms with Crippen LogP contribution >= 0.6 is 11.6 Å². The summed E-state index contributed by atoms with van der Waals surface area (Å²) in [6, 6.07) is 3.57. The number of hydrogen-bond acceptors (Lipinski definition) is 4. The number of hydrogen-bond donors (Lipinski definition) is 1. The van der Waals surface area contributed by atoms with Crippen molar-refractivity contribution >= 4 is 27.3 Å². The molecule has 0 saturated carbocycles. The largest absolute Gasteiger partial charge is 0.416 e. The smallest absolute Gasteiger partial charge is 0.280 e. The summed E-state index contributed by atoms with van der Waals surface area (Å²) in [4.78, 5) is 6.78. The van der Waals surface area contributed by atoms with E-state index >= 15 is 0 Å². The van der Waals surface area contributed by atoms with Gasteiger partial charge in [-0.15, -0.1) is 0 Å². The first-order chi connectivity index (χ1) is 9.68. The zero-order chi connectivity index (χ0) is 15.7. The lowest BCUT2D eigenvalue weighted by atomic mass is 10.2. The van der Waals surface area contributed by atoms with Crippen LogP contribution in [0.1, 0.15) is 5.56 Å². The standard InChI is InChI=1S/C11H7ClF3N3O2S/c12-10-16-5-9(6-17-10)21(19,20)18-8-3-1-7(2-4-8)11(13,14)15/h1-6,18H. The van der Waals surface area contributed by atoms with Gasteiger partial charge in [0.15, 0.2) is 0 Å². The van der Waals surface area contributed by atoms with Crippen molar-refractivity contribution in [2.75, 3.05) is 4.72 Å². The van der Waals surface area contributed by atoms with Crippen molar-refractivity contribution in [1.29, 1.82) is 0 Å². The van der Waals surface area contributed by atoms with E-state index in [1.807, 2.05) is 0 Å². The highest BCUT2D eigenvalue weighted by molar-refractivity contribution is 7.92. The average Bonchev–Trinajstić information content (AvgIpc) is 2.38. The minimum Gasteiger partial charge on any atom is -0.280 e. The first-order valence-corrected chi connectivity index (χ1v) is 7.22. The number of halogens is 4. The van der Waals surface area contributed by atoms with Crippen LogP contribution in [-0.2, 0) is 16.2 Å². The van der Waals surface area contributed by atoms with E-state index in [0.29, 0.717) is 0 Å². The van der Waals surface area contributed by atoms with Gasteiger partial charge in [0.05, 0.1) is 18.0 Å². The van der Waals surface area contributed by atoms with E-state index in [4.69, 9.17) is 11.6 Å². The van der Waals surface area contributed by atoms with Gasteiger partial charge in [-0.25, -0.2) is 18.4 Å². The minimum atomic E-state index is -4.48. The zero-order valence-corrected chi connectivity index (χ0v) is 11.7. The third kappa shape index (κ3) is 3.82. The second-order valence-electron chi connectivity index (χ2n) is 3.87. The first kappa shape index (κ1) is 15.5. The Balaban J connectivity index is 2.23. The van der Waals surface area contributed by atoms with Crippen molar-refractivity contribution in [3.8, 4) is 0 Å². The van der Waals surface area contributed by atoms with Gasteiger partial charge >= 0.3 is 6.18 Å². The number of sulfonamides is 1. The SMILES string of the molecule is O=S(=O)(Nc1ccc(C(F)(F)F)cc1)c1cnc(Cl)nc1. The van der Waals surface area contributed by atoms with Crippen LogP contribution in [0, 0.1) is 0 Å². The predicted molar refractivity (Wildman–Crippen MR) is 69.3 cm³/mol. The highest BCUT2D eigenvalue weighted by atomic mass is 35.5. The molecular weight excluding hydrogens is 331 g/mol. The summed E-state index contributed by atoms with van der Waals surface area (Å²) in [6.07, 6.45) is -2.51. The Morgan fingerprint density at radius 2 is 1.57 bits per heavy atom. The maximum Gasteiger partial charge on any atom is 0.416 e. The lowest BCUT2D eigenvalue weighted by molar-refractivity contribution is -0.137. The molecule has 0 bridgehead atoms. The molecule has 112 valence electrons. The maximum absolute atomic E-state index is 12.4. The van der Waals surface area contributed by atoms with Gasteiger partial charge in [0.25, 0.3) is 10.0 Å². The molecule has 0 fully saturated rings. The van der Waals surface area contributed by atoms with Crippen molar-refractivity contribution < 1.29 is 21.6 Å². The molecule has 0 aliphatic heterocycles. The van der Waals surface area contributed by atoms with Crippen LogP contribution in [0.3, 0.4) is 0 Å². The van der Waals surface area contributed by atoms with Crippen LogP contribution in [0.2, 0.25) is 5.28 Å². The molecule has 0 saturated heterocycles. The first-order valence-electron chi connectivity index (χ1n) is 5.36. The van der Waals surface area contributed by atoms with Gasteiger partial charge in [-0.2, -0.15) is 13.2 Å². The number of aromatic nitrogens is 2. The van der Waals surface area contributed by atoms with Gasteiger partial charge in [0.1, 0.15) is 4.90 Å². The molecule has 0 amide bonds. The highest BCUT2D eigenvalue weighted by Gasteiger charge is 2.30. The number of benzene rings is 1. The van der Waals surface area contributed by atoms with Crippen LogP contribution in [0.25, 0.3) is 0 Å². The number of nitrogens with one attached hydrogen (secondary N) is 1. The molecule has 5 nitrogen and oxygen atoms in total. The van der Waals surface area contributed by atoms with E-state index in [9.17, 15) is 21.6 Å². The Morgan fingerprint density at radius 3 is 2.05 bits per heavy atom. The fourth-order valence-corrected chi connectivity index (χ4v) is 2.43. The summed E-state index contributed by atoms with van der Waals surface area (Å²) in [5.74, 6) is 0. The molecule has 1 aromatic carbocycles. The van der Waals surface area contributed by atoms with E-state index in [1.165, 1.54) is 0 Å². The number of rotatable bonds is 3. The molecule has 1 heterocycles. The molecule has 0 unspecified atom stereocenters. The summed E-state index contributed by atoms with van der Waals surface area (Å²) in [6.45, 7) is 0. The number of anilines is 1. The Morgan fingerprint density at radius 1 is 1.05 bits per heavy atom. The number of nitrogens with zero attached hydrogens (tertiary/aromatic N) is 2. The Bertz CT molecular complexity index is 731. The Kier molecular flexibility index (Phi) is 4.06. The minimum absolute atomic E-state index is 0.0158. The van der Waals surface area contributed by atoms with Gasteiger partial charge in [0.2, 0.25) is 5.28 Å². The molecule has 1 N–H and O–H groups in total. The summed E-state index contributed by atoms with van der Waals surface area (Å²) in [7, 11) is -3.99. The Hall–Kier alpha value is -1.87. The number of alkyl halides is 3. The third-order valence-corrected chi connectivity index (χ3v) is 3.90. The van der Waals surface area contributed by atoms with Crippen LogP contribution < -0.4 is 4.72 Å². The molecule has 0 atom stereocenters. The predicted octanol–water partition coefficient (Wildman–Crippen LogP) is 2.95. The lowest BCUT2D eigenvalue weighted by Crippen LogP contribution is -2.14. The Labute approximate surface area is 122 Å². The summed E-state index contributed by atoms with van der Waals surface area (Å²) >= 11 is 5.44. The molecule has 10 heteroatoms. The highest BCUT2D eigenvalue weighted by Crippen LogP contribution is 2.30. The van der Waals surface area contributed by atoms with Gasteiger partial charge in [-0.05, 0) is 35.9 Å². The third-order valence-electron chi connectivity index (χ3n) is 2.37. The molecule has 0 aliphatic carbocycles. The molecule has 0 radical (unpaired) electrons. The van der Waals surface area contributed by atoms with Gasteiger partial charge in [-0.1, -0.05) is 0 Å². The maximum atomic E-state index is 12.4. The van der Waals surface area contributed by atoms with Crippen molar-refractivity contribution in [1.82, 2.24) is 9.97 Å². The van der Waals surface area contributed by atoms with Crippen molar-refractivity contribution in [2.45, 2.75) is 11.1 Å². The summed E-state index contributed by atoms with van der Waals surface area (Å²) in [5.41, 5.74) is -0.891. The van der Waals surface area contributed by atoms with Gasteiger partial charge in [-0.3, -0.25) is 4.72 Å². The molecule has 1 aromatic heterocycles. The molecule has 2 aromatic rings. The zero-order valence-electron chi connectivity index (χ0n) is 10.1. The molecular formula is C11H7ClF3N3O2S. The van der Waals surface area contributed by atoms with Crippen LogP contribution in [0.15, 0.2) is 41.6 Å². The monoisotopic (exact) mass is 337 g/mol. The normalized spacial score (nSPS) is 12.2. The fourth-order valence-electron chi connectivity index (χ4n) is 1.38. The van der Waals surface area contributed by atoms with Crippen molar-refractivity contribution in [3.63, 3.8) is 0 Å². The molecule has 21 heavy (non-hydrogen) atoms. The van der Waals surface area contributed by atoms with Crippen LogP contribution in [0.4, 0.5) is 18.9 Å². The second-order valence-corrected chi connectivity index (χ2v) is 5.89. The summed E-state index contributed by atoms with van der Waals surface area (Å²) < 4.78 is 63.2. The van der Waals surface area contributed by atoms with Gasteiger partial charge < -0.3 is 0 Å². The van der Waals surface area contributed by atoms with Crippen LogP contribution in [-0.4, -0.2) is 18.4 Å².